The molecule has 1 fully saturated rings. The number of likely N-dealkylation sites (N-methyl/N-ethyl adjacent to an activating group) is 1. The van der Waals surface area contributed by atoms with E-state index in [1.807, 2.05) is 0 Å². The zero-order chi connectivity index (χ0) is 14.0. The molecule has 1 aromatic rings. The first-order valence-electron chi connectivity index (χ1n) is 7.27. The molecule has 0 bridgehead atoms. The van der Waals surface area contributed by atoms with Gasteiger partial charge in [-0.2, -0.15) is 0 Å². The highest BCUT2D eigenvalue weighted by Gasteiger charge is 2.22. The van der Waals surface area contributed by atoms with Crippen molar-refractivity contribution in [3.05, 3.63) is 23.9 Å². The lowest BCUT2D eigenvalue weighted by Crippen LogP contribution is -2.44. The van der Waals surface area contributed by atoms with E-state index in [-0.39, 0.29) is 5.41 Å². The van der Waals surface area contributed by atoms with Crippen molar-refractivity contribution in [1.82, 2.24) is 9.88 Å². The summed E-state index contributed by atoms with van der Waals surface area (Å²) in [6.45, 7) is 13.6. The van der Waals surface area contributed by atoms with Crippen molar-refractivity contribution >= 4 is 5.82 Å². The van der Waals surface area contributed by atoms with Crippen LogP contribution in [0.4, 0.5) is 5.82 Å². The van der Waals surface area contributed by atoms with Crippen LogP contribution in [0, 0.1) is 5.41 Å². The minimum atomic E-state index is 0.289. The normalized spacial score (nSPS) is 19.5. The molecular weight excluding hydrogens is 234 g/mol. The van der Waals surface area contributed by atoms with Gasteiger partial charge < -0.3 is 9.80 Å². The fourth-order valence-electron chi connectivity index (χ4n) is 2.38. The lowest BCUT2D eigenvalue weighted by molar-refractivity contribution is 0.312. The van der Waals surface area contributed by atoms with Gasteiger partial charge in [0.2, 0.25) is 0 Å². The monoisotopic (exact) mass is 261 g/mol. The summed E-state index contributed by atoms with van der Waals surface area (Å²) < 4.78 is 0. The quantitative estimate of drug-likeness (QED) is 0.816. The minimum absolute atomic E-state index is 0.289. The highest BCUT2D eigenvalue weighted by Crippen LogP contribution is 2.34. The third-order valence-corrected chi connectivity index (χ3v) is 4.40. The molecule has 0 unspecified atom stereocenters. The van der Waals surface area contributed by atoms with E-state index in [1.165, 1.54) is 5.56 Å². The molecule has 2 heterocycles. The van der Waals surface area contributed by atoms with Gasteiger partial charge in [-0.05, 0) is 30.0 Å². The predicted octanol–water partition coefficient (Wildman–Crippen LogP) is 2.98. The van der Waals surface area contributed by atoms with Gasteiger partial charge in [-0.3, -0.25) is 0 Å². The Balaban J connectivity index is 2.06. The first-order chi connectivity index (χ1) is 8.88. The molecule has 0 aliphatic carbocycles. The number of hydrogen-bond acceptors (Lipinski definition) is 3. The largest absolute Gasteiger partial charge is 0.354 e. The Kier molecular flexibility index (Phi) is 4.14. The summed E-state index contributed by atoms with van der Waals surface area (Å²) >= 11 is 0. The molecule has 0 aromatic carbocycles. The molecule has 0 spiro atoms. The highest BCUT2D eigenvalue weighted by atomic mass is 15.3. The standard InChI is InChI=1S/C16H27N3/c1-13(16(2,3)4)14-6-7-15(17-12-14)19-10-8-18(5)9-11-19/h6-7,12-13H,8-11H2,1-5H3/t13-/m1/s1. The molecule has 1 saturated heterocycles. The molecule has 3 nitrogen and oxygen atoms in total. The molecule has 0 N–H and O–H groups in total. The van der Waals surface area contributed by atoms with Gasteiger partial charge in [0.1, 0.15) is 5.82 Å². The third-order valence-electron chi connectivity index (χ3n) is 4.40. The van der Waals surface area contributed by atoms with Crippen molar-refractivity contribution < 1.29 is 0 Å². The molecule has 106 valence electrons. The van der Waals surface area contributed by atoms with Crippen LogP contribution in [0.5, 0.6) is 0 Å². The fourth-order valence-corrected chi connectivity index (χ4v) is 2.38. The van der Waals surface area contributed by atoms with Crippen molar-refractivity contribution in [1.29, 1.82) is 0 Å². The summed E-state index contributed by atoms with van der Waals surface area (Å²) in [5.74, 6) is 1.65. The van der Waals surface area contributed by atoms with Crippen LogP contribution in [-0.2, 0) is 0 Å². The molecule has 1 atom stereocenters. The predicted molar refractivity (Wildman–Crippen MR) is 81.8 cm³/mol. The second kappa shape index (κ2) is 5.49. The summed E-state index contributed by atoms with van der Waals surface area (Å²) in [6.07, 6.45) is 2.06. The zero-order valence-corrected chi connectivity index (χ0v) is 13.0. The van der Waals surface area contributed by atoms with Crippen LogP contribution in [0.1, 0.15) is 39.2 Å². The smallest absolute Gasteiger partial charge is 0.128 e. The van der Waals surface area contributed by atoms with Crippen molar-refractivity contribution in [2.75, 3.05) is 38.1 Å². The number of rotatable bonds is 2. The van der Waals surface area contributed by atoms with E-state index in [4.69, 9.17) is 0 Å². The molecule has 2 rings (SSSR count). The second-order valence-corrected chi connectivity index (χ2v) is 6.83. The maximum Gasteiger partial charge on any atom is 0.128 e. The average molecular weight is 261 g/mol. The van der Waals surface area contributed by atoms with E-state index in [0.29, 0.717) is 5.92 Å². The van der Waals surface area contributed by atoms with E-state index in [9.17, 15) is 0 Å². The van der Waals surface area contributed by atoms with Gasteiger partial charge in [0, 0.05) is 32.4 Å². The molecule has 3 heteroatoms. The summed E-state index contributed by atoms with van der Waals surface area (Å²) in [6, 6.07) is 4.43. The number of aromatic nitrogens is 1. The average Bonchev–Trinajstić information content (AvgIpc) is 2.38. The maximum absolute atomic E-state index is 4.67. The van der Waals surface area contributed by atoms with Gasteiger partial charge in [-0.25, -0.2) is 4.98 Å². The van der Waals surface area contributed by atoms with Crippen molar-refractivity contribution in [2.45, 2.75) is 33.6 Å². The Bertz CT molecular complexity index is 397. The molecule has 1 aromatic heterocycles. The van der Waals surface area contributed by atoms with Gasteiger partial charge in [0.25, 0.3) is 0 Å². The Morgan fingerprint density at radius 3 is 2.21 bits per heavy atom. The molecular formula is C16H27N3. The Morgan fingerprint density at radius 1 is 1.11 bits per heavy atom. The van der Waals surface area contributed by atoms with Gasteiger partial charge in [-0.1, -0.05) is 33.8 Å². The van der Waals surface area contributed by atoms with Gasteiger partial charge in [-0.15, -0.1) is 0 Å². The van der Waals surface area contributed by atoms with Crippen molar-refractivity contribution in [2.24, 2.45) is 5.41 Å². The molecule has 0 radical (unpaired) electrons. The first-order valence-corrected chi connectivity index (χ1v) is 7.27. The molecule has 1 aliphatic heterocycles. The maximum atomic E-state index is 4.67. The first kappa shape index (κ1) is 14.3. The number of piperazine rings is 1. The highest BCUT2D eigenvalue weighted by molar-refractivity contribution is 5.40. The Morgan fingerprint density at radius 2 is 1.74 bits per heavy atom. The third kappa shape index (κ3) is 3.47. The van der Waals surface area contributed by atoms with Crippen LogP contribution in [0.15, 0.2) is 18.3 Å². The van der Waals surface area contributed by atoms with E-state index in [0.717, 1.165) is 32.0 Å². The summed E-state index contributed by atoms with van der Waals surface area (Å²) in [5.41, 5.74) is 1.63. The number of hydrogen-bond donors (Lipinski definition) is 0. The molecule has 0 amide bonds. The summed E-state index contributed by atoms with van der Waals surface area (Å²) in [4.78, 5) is 9.42. The Labute approximate surface area is 117 Å². The lowest BCUT2D eigenvalue weighted by Gasteiger charge is -2.33. The lowest BCUT2D eigenvalue weighted by atomic mass is 9.78. The fraction of sp³-hybridized carbons (Fsp3) is 0.688. The minimum Gasteiger partial charge on any atom is -0.354 e. The second-order valence-electron chi connectivity index (χ2n) is 6.83. The van der Waals surface area contributed by atoms with E-state index >= 15 is 0 Å². The molecule has 0 saturated carbocycles. The summed E-state index contributed by atoms with van der Waals surface area (Å²) in [7, 11) is 2.18. The van der Waals surface area contributed by atoms with Crippen LogP contribution in [0.3, 0.4) is 0 Å². The molecule has 19 heavy (non-hydrogen) atoms. The Hall–Kier alpha value is -1.09. The summed E-state index contributed by atoms with van der Waals surface area (Å²) in [5, 5.41) is 0. The molecule has 1 aliphatic rings. The van der Waals surface area contributed by atoms with Crippen LogP contribution in [0.25, 0.3) is 0 Å². The van der Waals surface area contributed by atoms with Gasteiger partial charge >= 0.3 is 0 Å². The van der Waals surface area contributed by atoms with Crippen LogP contribution < -0.4 is 4.90 Å². The number of pyridine rings is 1. The van der Waals surface area contributed by atoms with Crippen molar-refractivity contribution in [3.63, 3.8) is 0 Å². The van der Waals surface area contributed by atoms with Crippen molar-refractivity contribution in [3.8, 4) is 0 Å². The van der Waals surface area contributed by atoms with Crippen LogP contribution in [-0.4, -0.2) is 43.1 Å². The zero-order valence-electron chi connectivity index (χ0n) is 13.0. The van der Waals surface area contributed by atoms with Crippen LogP contribution >= 0.6 is 0 Å². The van der Waals surface area contributed by atoms with E-state index in [1.54, 1.807) is 0 Å². The SMILES string of the molecule is C[C@H](c1ccc(N2CCN(C)CC2)nc1)C(C)(C)C. The number of nitrogens with zero attached hydrogens (tertiary/aromatic N) is 3. The van der Waals surface area contributed by atoms with Gasteiger partial charge in [0.05, 0.1) is 0 Å². The number of anilines is 1. The van der Waals surface area contributed by atoms with E-state index in [2.05, 4.69) is 67.9 Å². The van der Waals surface area contributed by atoms with Crippen LogP contribution in [0.2, 0.25) is 0 Å². The van der Waals surface area contributed by atoms with E-state index < -0.39 is 0 Å². The van der Waals surface area contributed by atoms with Gasteiger partial charge in [0.15, 0.2) is 0 Å². The topological polar surface area (TPSA) is 19.4 Å².